The number of ether oxygens (including phenoxy) is 1. The first kappa shape index (κ1) is 38.3. The third-order valence-corrected chi connectivity index (χ3v) is 4.51. The molecule has 39 heavy (non-hydrogen) atoms. The van der Waals surface area contributed by atoms with Gasteiger partial charge >= 0.3 is 5.97 Å². The number of rotatable bonds is 16. The number of carboxylic acid groups (broad SMARTS) is 1. The topological polar surface area (TPSA) is 238 Å². The van der Waals surface area contributed by atoms with Crippen molar-refractivity contribution in [2.24, 2.45) is 5.73 Å². The number of carbonyl (C=O) groups is 6. The standard InChI is InChI=1S/C20H34B2N6O9.CH4S/c1-9(2)37-19(4,5)24-7-14(31)26-12(8-29)16(33)25-10(3)15(32)27-11(6-13(23)30)17(34)28-20(21,22)18(35)36;1-2/h9-12,24,29H,6-8H2,1-5H3,(H2,23,30)(H,25,33)(H,26,31)(H,27,32)(H,28,34)(H,35,36);2H,1H3/t10-,11-,12-;/m0./s1. The summed E-state index contributed by atoms with van der Waals surface area (Å²) in [5, 5.41) is 27.0. The Labute approximate surface area is 235 Å². The van der Waals surface area contributed by atoms with E-state index < -0.39 is 77.7 Å². The zero-order valence-electron chi connectivity index (χ0n) is 22.9. The van der Waals surface area contributed by atoms with Crippen molar-refractivity contribution in [3.05, 3.63) is 0 Å². The van der Waals surface area contributed by atoms with Crippen LogP contribution in [0.5, 0.6) is 0 Å². The van der Waals surface area contributed by atoms with E-state index in [2.05, 4.69) is 33.9 Å². The predicted octanol–water partition coefficient (Wildman–Crippen LogP) is -4.18. The fourth-order valence-electron chi connectivity index (χ4n) is 2.79. The fourth-order valence-corrected chi connectivity index (χ4v) is 2.79. The van der Waals surface area contributed by atoms with Crippen LogP contribution in [-0.4, -0.2) is 116 Å². The van der Waals surface area contributed by atoms with Crippen LogP contribution in [0.15, 0.2) is 0 Å². The number of nitrogens with one attached hydrogen (secondary N) is 5. The number of thiol groups is 1. The third kappa shape index (κ3) is 16.0. The van der Waals surface area contributed by atoms with E-state index in [1.807, 2.05) is 13.8 Å². The number of aliphatic hydroxyl groups is 1. The average Bonchev–Trinajstić information content (AvgIpc) is 2.80. The molecule has 0 bridgehead atoms. The zero-order chi connectivity index (χ0) is 31.1. The summed E-state index contributed by atoms with van der Waals surface area (Å²) in [7, 11) is 10.5. The minimum Gasteiger partial charge on any atom is -0.481 e. The maximum absolute atomic E-state index is 12.5. The van der Waals surface area contributed by atoms with Crippen LogP contribution in [0.1, 0.15) is 41.0 Å². The number of primary amides is 1. The van der Waals surface area contributed by atoms with Crippen LogP contribution in [0.3, 0.4) is 0 Å². The highest BCUT2D eigenvalue weighted by molar-refractivity contribution is 7.79. The fraction of sp³-hybridized carbons (Fsp3) is 0.714. The van der Waals surface area contributed by atoms with Gasteiger partial charge in [0.2, 0.25) is 29.5 Å². The lowest BCUT2D eigenvalue weighted by molar-refractivity contribution is -0.141. The van der Waals surface area contributed by atoms with Crippen molar-refractivity contribution >= 4 is 63.8 Å². The lowest BCUT2D eigenvalue weighted by Gasteiger charge is -2.29. The van der Waals surface area contributed by atoms with E-state index in [9.17, 15) is 33.9 Å². The van der Waals surface area contributed by atoms with E-state index in [0.29, 0.717) is 0 Å². The zero-order valence-corrected chi connectivity index (χ0v) is 23.8. The maximum atomic E-state index is 12.5. The van der Waals surface area contributed by atoms with Crippen molar-refractivity contribution in [3.8, 4) is 0 Å². The van der Waals surface area contributed by atoms with Crippen LogP contribution in [-0.2, 0) is 33.5 Å². The summed E-state index contributed by atoms with van der Waals surface area (Å²) in [6.07, 6.45) is 0.834. The lowest BCUT2D eigenvalue weighted by Crippen LogP contribution is -2.62. The van der Waals surface area contributed by atoms with Gasteiger partial charge in [-0.2, -0.15) is 12.6 Å². The quantitative estimate of drug-likeness (QED) is 0.0491. The summed E-state index contributed by atoms with van der Waals surface area (Å²) < 4.78 is 5.59. The van der Waals surface area contributed by atoms with Gasteiger partial charge in [-0.05, 0) is 40.9 Å². The molecule has 3 atom stereocenters. The summed E-state index contributed by atoms with van der Waals surface area (Å²) in [6, 6.07) is -4.43. The molecular formula is C21H38B2N6O9S. The lowest BCUT2D eigenvalue weighted by atomic mass is 9.62. The van der Waals surface area contributed by atoms with Gasteiger partial charge in [-0.3, -0.25) is 34.1 Å². The normalized spacial score (nSPS) is 13.6. The molecule has 0 spiro atoms. The Morgan fingerprint density at radius 2 is 1.46 bits per heavy atom. The second-order valence-electron chi connectivity index (χ2n) is 8.96. The first-order valence-corrected chi connectivity index (χ1v) is 12.5. The molecule has 15 nitrogen and oxygen atoms in total. The molecule has 9 N–H and O–H groups in total. The summed E-state index contributed by atoms with van der Waals surface area (Å²) >= 11 is 3.53. The van der Waals surface area contributed by atoms with Crippen molar-refractivity contribution in [3.63, 3.8) is 0 Å². The van der Waals surface area contributed by atoms with Crippen molar-refractivity contribution < 1.29 is 43.7 Å². The summed E-state index contributed by atoms with van der Waals surface area (Å²) in [6.45, 7) is 7.20. The van der Waals surface area contributed by atoms with Gasteiger partial charge in [0.05, 0.1) is 31.0 Å². The largest absolute Gasteiger partial charge is 0.481 e. The molecule has 0 aromatic carbocycles. The number of hydrogen-bond acceptors (Lipinski definition) is 10. The van der Waals surface area contributed by atoms with Gasteiger partial charge in [-0.25, -0.2) is 0 Å². The number of carboxylic acids is 1. The Balaban J connectivity index is 0. The van der Waals surface area contributed by atoms with E-state index in [-0.39, 0.29) is 12.6 Å². The second-order valence-corrected chi connectivity index (χ2v) is 8.96. The van der Waals surface area contributed by atoms with Gasteiger partial charge in [-0.15, -0.1) is 0 Å². The number of aliphatic carboxylic acids is 1. The summed E-state index contributed by atoms with van der Waals surface area (Å²) in [4.78, 5) is 71.8. The van der Waals surface area contributed by atoms with Gasteiger partial charge in [0.15, 0.2) is 0 Å². The first-order valence-electron chi connectivity index (χ1n) is 11.6. The minimum absolute atomic E-state index is 0.117. The number of carbonyl (C=O) groups excluding carboxylic acids is 5. The maximum Gasteiger partial charge on any atom is 0.310 e. The van der Waals surface area contributed by atoms with Gasteiger partial charge in [-0.1, -0.05) is 0 Å². The average molecular weight is 572 g/mol. The number of amides is 5. The summed E-state index contributed by atoms with van der Waals surface area (Å²) in [5.74, 6) is -6.60. The first-order chi connectivity index (χ1) is 17.8. The molecule has 0 aliphatic heterocycles. The minimum atomic E-state index is -2.70. The second kappa shape index (κ2) is 17.7. The van der Waals surface area contributed by atoms with Crippen LogP contribution >= 0.6 is 12.6 Å². The molecule has 18 heteroatoms. The molecular weight excluding hydrogens is 534 g/mol. The van der Waals surface area contributed by atoms with Crippen molar-refractivity contribution in [1.82, 2.24) is 26.6 Å². The Morgan fingerprint density at radius 1 is 0.923 bits per heavy atom. The molecule has 0 heterocycles. The third-order valence-electron chi connectivity index (χ3n) is 4.51. The van der Waals surface area contributed by atoms with Crippen molar-refractivity contribution in [2.45, 2.75) is 76.3 Å². The summed E-state index contributed by atoms with van der Waals surface area (Å²) in [5.41, 5.74) is 4.22. The Morgan fingerprint density at radius 3 is 1.90 bits per heavy atom. The van der Waals surface area contributed by atoms with Crippen LogP contribution < -0.4 is 32.3 Å². The highest BCUT2D eigenvalue weighted by atomic mass is 32.1. The Bertz CT molecular complexity index is 877. The highest BCUT2D eigenvalue weighted by Crippen LogP contribution is 2.07. The molecule has 0 aromatic rings. The number of hydrogen-bond donors (Lipinski definition) is 9. The molecule has 0 aliphatic carbocycles. The van der Waals surface area contributed by atoms with E-state index in [1.54, 1.807) is 25.4 Å². The predicted molar refractivity (Wildman–Crippen MR) is 146 cm³/mol. The molecule has 0 saturated heterocycles. The van der Waals surface area contributed by atoms with Crippen molar-refractivity contribution in [2.75, 3.05) is 19.4 Å². The number of nitrogens with two attached hydrogens (primary N) is 1. The van der Waals surface area contributed by atoms with E-state index >= 15 is 0 Å². The van der Waals surface area contributed by atoms with Crippen LogP contribution in [0.2, 0.25) is 0 Å². The van der Waals surface area contributed by atoms with E-state index in [1.165, 1.54) is 6.92 Å². The molecule has 0 rings (SSSR count). The number of aliphatic hydroxyl groups excluding tert-OH is 1. The Hall–Kier alpha value is -2.82. The molecule has 4 radical (unpaired) electrons. The molecule has 0 aromatic heterocycles. The monoisotopic (exact) mass is 572 g/mol. The van der Waals surface area contributed by atoms with E-state index in [4.69, 9.17) is 31.3 Å². The molecule has 0 aliphatic rings. The molecule has 0 unspecified atom stereocenters. The van der Waals surface area contributed by atoms with Crippen LogP contribution in [0, 0.1) is 0 Å². The van der Waals surface area contributed by atoms with Crippen LogP contribution in [0.25, 0.3) is 0 Å². The van der Waals surface area contributed by atoms with E-state index in [0.717, 1.165) is 0 Å². The molecule has 5 amide bonds. The Kier molecular flexibility index (Phi) is 17.4. The van der Waals surface area contributed by atoms with Crippen molar-refractivity contribution in [1.29, 1.82) is 0 Å². The smallest absolute Gasteiger partial charge is 0.310 e. The van der Waals surface area contributed by atoms with Gasteiger partial charge in [0.1, 0.15) is 39.5 Å². The van der Waals surface area contributed by atoms with Gasteiger partial charge in [0, 0.05) is 0 Å². The molecule has 218 valence electrons. The molecule has 0 fully saturated rings. The SMILES string of the molecule is CS.[B]C([B])(NC(=O)[C@H](CC(N)=O)NC(=O)[C@H](C)NC(=O)[C@H](CO)NC(=O)CNC(C)(C)OC(C)C)C(=O)O. The highest BCUT2D eigenvalue weighted by Gasteiger charge is 2.33. The molecule has 0 saturated carbocycles. The van der Waals surface area contributed by atoms with Crippen LogP contribution in [0.4, 0.5) is 0 Å². The van der Waals surface area contributed by atoms with Gasteiger partial charge in [0.25, 0.3) is 0 Å². The van der Waals surface area contributed by atoms with Gasteiger partial charge < -0.3 is 42.0 Å².